The van der Waals surface area contributed by atoms with Crippen LogP contribution in [0.4, 0.5) is 10.3 Å². The lowest BCUT2D eigenvalue weighted by molar-refractivity contribution is 0.584. The second-order valence-corrected chi connectivity index (χ2v) is 7.91. The lowest BCUT2D eigenvalue weighted by Gasteiger charge is -2.27. The average Bonchev–Trinajstić information content (AvgIpc) is 3.07. The van der Waals surface area contributed by atoms with Crippen molar-refractivity contribution in [2.75, 3.05) is 5.32 Å². The Balaban J connectivity index is 1.77. The summed E-state index contributed by atoms with van der Waals surface area (Å²) in [7, 11) is 0. The van der Waals surface area contributed by atoms with E-state index in [9.17, 15) is 4.39 Å². The number of rotatable bonds is 2. The Morgan fingerprint density at radius 1 is 1.00 bits per heavy atom. The van der Waals surface area contributed by atoms with Crippen LogP contribution in [0.25, 0.3) is 16.7 Å². The number of benzene rings is 3. The van der Waals surface area contributed by atoms with Gasteiger partial charge in [-0.2, -0.15) is 0 Å². The smallest absolute Gasteiger partial charge is 0.209 e. The van der Waals surface area contributed by atoms with Crippen molar-refractivity contribution in [2.24, 2.45) is 0 Å². The number of para-hydroxylation sites is 2. The number of nitrogens with one attached hydrogen (secondary N) is 1. The Labute approximate surface area is 174 Å². The molecule has 6 heteroatoms. The standard InChI is InChI=1S/C22H14BrClFN3/c23-14-10-8-13(9-11-14)18-12-20(21-15(24)4-3-5-16(21)25)28-19-7-2-1-6-17(19)26-22(28)27-18/h1-12,20H,(H,26,27). The molecule has 0 aliphatic carbocycles. The molecule has 1 unspecified atom stereocenters. The molecule has 28 heavy (non-hydrogen) atoms. The summed E-state index contributed by atoms with van der Waals surface area (Å²) in [6, 6.07) is 20.1. The van der Waals surface area contributed by atoms with Gasteiger partial charge in [0.1, 0.15) is 5.82 Å². The van der Waals surface area contributed by atoms with Gasteiger partial charge in [0.2, 0.25) is 5.95 Å². The van der Waals surface area contributed by atoms with Gasteiger partial charge < -0.3 is 5.32 Å². The summed E-state index contributed by atoms with van der Waals surface area (Å²) in [6.07, 6.45) is 1.99. The highest BCUT2D eigenvalue weighted by Gasteiger charge is 2.28. The van der Waals surface area contributed by atoms with Gasteiger partial charge in [0.25, 0.3) is 0 Å². The zero-order valence-corrected chi connectivity index (χ0v) is 16.9. The summed E-state index contributed by atoms with van der Waals surface area (Å²) < 4.78 is 17.8. The van der Waals surface area contributed by atoms with Crippen molar-refractivity contribution < 1.29 is 4.39 Å². The molecule has 0 saturated carbocycles. The minimum absolute atomic E-state index is 0.338. The molecular formula is C22H14BrClFN3. The molecule has 138 valence electrons. The summed E-state index contributed by atoms with van der Waals surface area (Å²) in [5, 5.41) is 3.78. The second kappa shape index (κ2) is 6.76. The third-order valence-corrected chi connectivity index (χ3v) is 5.75. The highest BCUT2D eigenvalue weighted by Crippen LogP contribution is 2.40. The lowest BCUT2D eigenvalue weighted by atomic mass is 10.0. The van der Waals surface area contributed by atoms with Gasteiger partial charge in [-0.15, -0.1) is 0 Å². The summed E-state index contributed by atoms with van der Waals surface area (Å²) in [5.41, 5.74) is 4.04. The number of fused-ring (bicyclic) bond motifs is 3. The van der Waals surface area contributed by atoms with Crippen LogP contribution in [0.5, 0.6) is 0 Å². The van der Waals surface area contributed by atoms with Gasteiger partial charge in [0, 0.05) is 20.8 Å². The molecule has 3 aromatic carbocycles. The van der Waals surface area contributed by atoms with Crippen molar-refractivity contribution >= 4 is 50.2 Å². The molecule has 1 atom stereocenters. The molecule has 1 aliphatic rings. The molecule has 4 aromatic rings. The lowest BCUT2D eigenvalue weighted by Crippen LogP contribution is -2.20. The van der Waals surface area contributed by atoms with Crippen LogP contribution >= 0.6 is 27.5 Å². The predicted molar refractivity (Wildman–Crippen MR) is 115 cm³/mol. The molecule has 0 spiro atoms. The molecule has 1 aromatic heterocycles. The summed E-state index contributed by atoms with van der Waals surface area (Å²) in [6.45, 7) is 0. The minimum Gasteiger partial charge on any atom is -0.325 e. The van der Waals surface area contributed by atoms with Crippen LogP contribution in [0.3, 0.4) is 0 Å². The minimum atomic E-state index is -0.420. The van der Waals surface area contributed by atoms with E-state index in [2.05, 4.69) is 21.2 Å². The first-order valence-electron chi connectivity index (χ1n) is 8.77. The number of hydrogen-bond donors (Lipinski definition) is 1. The fourth-order valence-electron chi connectivity index (χ4n) is 3.61. The van der Waals surface area contributed by atoms with Gasteiger partial charge in [0.05, 0.1) is 17.1 Å². The maximum absolute atomic E-state index is 14.8. The molecule has 2 heterocycles. The van der Waals surface area contributed by atoms with E-state index in [0.29, 0.717) is 16.5 Å². The molecule has 5 rings (SSSR count). The number of anilines is 1. The van der Waals surface area contributed by atoms with Crippen LogP contribution in [0.2, 0.25) is 5.02 Å². The van der Waals surface area contributed by atoms with E-state index < -0.39 is 6.04 Å². The van der Waals surface area contributed by atoms with Gasteiger partial charge in [-0.05, 0) is 48.0 Å². The van der Waals surface area contributed by atoms with Crippen molar-refractivity contribution in [1.29, 1.82) is 0 Å². The number of halogens is 3. The number of nitrogens with zero attached hydrogens (tertiary/aromatic N) is 2. The van der Waals surface area contributed by atoms with Gasteiger partial charge in [0.15, 0.2) is 0 Å². The normalized spacial score (nSPS) is 15.8. The zero-order chi connectivity index (χ0) is 19.3. The average molecular weight is 455 g/mol. The number of hydrogen-bond acceptors (Lipinski definition) is 2. The van der Waals surface area contributed by atoms with E-state index in [0.717, 1.165) is 26.8 Å². The molecule has 0 saturated heterocycles. The van der Waals surface area contributed by atoms with Crippen LogP contribution in [0.1, 0.15) is 17.2 Å². The van der Waals surface area contributed by atoms with Crippen LogP contribution in [0.15, 0.2) is 77.3 Å². The fourth-order valence-corrected chi connectivity index (χ4v) is 4.15. The predicted octanol–water partition coefficient (Wildman–Crippen LogP) is 6.65. The Hall–Kier alpha value is -2.63. The maximum atomic E-state index is 14.8. The van der Waals surface area contributed by atoms with Gasteiger partial charge in [-0.1, -0.05) is 57.9 Å². The van der Waals surface area contributed by atoms with Crippen molar-refractivity contribution in [1.82, 2.24) is 9.55 Å². The number of aromatic nitrogens is 2. The molecule has 0 fully saturated rings. The molecule has 0 amide bonds. The van der Waals surface area contributed by atoms with Crippen LogP contribution in [-0.4, -0.2) is 9.55 Å². The highest BCUT2D eigenvalue weighted by molar-refractivity contribution is 9.10. The van der Waals surface area contributed by atoms with Gasteiger partial charge >= 0.3 is 0 Å². The Morgan fingerprint density at radius 3 is 2.57 bits per heavy atom. The van der Waals surface area contributed by atoms with E-state index >= 15 is 0 Å². The molecule has 3 nitrogen and oxygen atoms in total. The Kier molecular flexibility index (Phi) is 4.22. The van der Waals surface area contributed by atoms with Gasteiger partial charge in [-0.3, -0.25) is 4.57 Å². The molecule has 1 aliphatic heterocycles. The second-order valence-electron chi connectivity index (χ2n) is 6.59. The number of imidazole rings is 1. The third-order valence-electron chi connectivity index (χ3n) is 4.90. The monoisotopic (exact) mass is 453 g/mol. The summed E-state index contributed by atoms with van der Waals surface area (Å²) >= 11 is 9.90. The fraction of sp³-hybridized carbons (Fsp3) is 0.0455. The van der Waals surface area contributed by atoms with Crippen molar-refractivity contribution in [3.05, 3.63) is 99.2 Å². The largest absolute Gasteiger partial charge is 0.325 e. The Bertz CT molecular complexity index is 1210. The Morgan fingerprint density at radius 2 is 1.79 bits per heavy atom. The van der Waals surface area contributed by atoms with Crippen molar-refractivity contribution in [3.63, 3.8) is 0 Å². The van der Waals surface area contributed by atoms with Crippen molar-refractivity contribution in [2.45, 2.75) is 6.04 Å². The quantitative estimate of drug-likeness (QED) is 0.367. The number of allylic oxidation sites excluding steroid dienone is 1. The van der Waals surface area contributed by atoms with E-state index in [1.54, 1.807) is 12.1 Å². The van der Waals surface area contributed by atoms with Crippen molar-refractivity contribution in [3.8, 4) is 0 Å². The van der Waals surface area contributed by atoms with E-state index in [4.69, 9.17) is 16.6 Å². The maximum Gasteiger partial charge on any atom is 0.209 e. The first kappa shape index (κ1) is 17.5. The molecular weight excluding hydrogens is 441 g/mol. The van der Waals surface area contributed by atoms with E-state index in [1.165, 1.54) is 6.07 Å². The first-order chi connectivity index (χ1) is 13.6. The molecule has 0 bridgehead atoms. The molecule has 1 N–H and O–H groups in total. The first-order valence-corrected chi connectivity index (χ1v) is 9.94. The SMILES string of the molecule is Fc1cccc(Cl)c1C1C=C(c2ccc(Br)cc2)Nc2nc3ccccc3n21. The topological polar surface area (TPSA) is 29.9 Å². The zero-order valence-electron chi connectivity index (χ0n) is 14.5. The summed E-state index contributed by atoms with van der Waals surface area (Å²) in [4.78, 5) is 4.72. The van der Waals surface area contributed by atoms with E-state index in [1.807, 2.05) is 59.2 Å². The molecule has 0 radical (unpaired) electrons. The van der Waals surface area contributed by atoms with E-state index in [-0.39, 0.29) is 5.82 Å². The van der Waals surface area contributed by atoms with Gasteiger partial charge in [-0.25, -0.2) is 9.37 Å². The summed E-state index contributed by atoms with van der Waals surface area (Å²) in [5.74, 6) is 0.320. The van der Waals surface area contributed by atoms with Crippen LogP contribution in [0, 0.1) is 5.82 Å². The third kappa shape index (κ3) is 2.82. The highest BCUT2D eigenvalue weighted by atomic mass is 79.9. The van der Waals surface area contributed by atoms with Crippen LogP contribution in [-0.2, 0) is 0 Å². The van der Waals surface area contributed by atoms with Crippen LogP contribution < -0.4 is 5.32 Å².